The van der Waals surface area contributed by atoms with Crippen LogP contribution >= 0.6 is 11.3 Å². The smallest absolute Gasteiger partial charge is 0.180 e. The van der Waals surface area contributed by atoms with Crippen LogP contribution in [0, 0.1) is 17.2 Å². The third-order valence-electron chi connectivity index (χ3n) is 1.80. The Morgan fingerprint density at radius 3 is 3.00 bits per heavy atom. The largest absolute Gasteiger partial charge is 0.375 e. The summed E-state index contributed by atoms with van der Waals surface area (Å²) in [7, 11) is 1.99. The molecule has 1 rings (SSSR count). The SMILES string of the molecule is CC(C#N)CN(C)Cc1cnc(N)s1. The molecule has 14 heavy (non-hydrogen) atoms. The van der Waals surface area contributed by atoms with Gasteiger partial charge in [-0.25, -0.2) is 4.98 Å². The summed E-state index contributed by atoms with van der Waals surface area (Å²) in [6.45, 7) is 3.49. The van der Waals surface area contributed by atoms with Gasteiger partial charge in [-0.1, -0.05) is 0 Å². The van der Waals surface area contributed by atoms with Crippen molar-refractivity contribution in [1.29, 1.82) is 5.26 Å². The number of rotatable bonds is 4. The molecule has 0 bridgehead atoms. The van der Waals surface area contributed by atoms with E-state index in [1.165, 1.54) is 11.3 Å². The Bertz CT molecular complexity index is 328. The standard InChI is InChI=1S/C9H14N4S/c1-7(3-10)5-13(2)6-8-4-12-9(11)14-8/h4,7H,5-6H2,1-2H3,(H2,11,12). The van der Waals surface area contributed by atoms with Gasteiger partial charge < -0.3 is 5.73 Å². The molecule has 0 amide bonds. The second kappa shape index (κ2) is 4.94. The van der Waals surface area contributed by atoms with E-state index in [1.54, 1.807) is 6.20 Å². The van der Waals surface area contributed by atoms with E-state index >= 15 is 0 Å². The molecule has 0 aliphatic heterocycles. The summed E-state index contributed by atoms with van der Waals surface area (Å²) in [5, 5.41) is 9.25. The maximum Gasteiger partial charge on any atom is 0.180 e. The number of aromatic nitrogens is 1. The maximum absolute atomic E-state index is 8.65. The Morgan fingerprint density at radius 2 is 2.50 bits per heavy atom. The lowest BCUT2D eigenvalue weighted by molar-refractivity contribution is 0.305. The molecule has 0 aromatic carbocycles. The van der Waals surface area contributed by atoms with Crippen molar-refractivity contribution in [2.75, 3.05) is 19.3 Å². The van der Waals surface area contributed by atoms with E-state index in [0.29, 0.717) is 5.13 Å². The molecule has 0 saturated heterocycles. The first-order chi connectivity index (χ1) is 6.61. The van der Waals surface area contributed by atoms with Crippen LogP contribution in [0.5, 0.6) is 0 Å². The van der Waals surface area contributed by atoms with E-state index in [1.807, 2.05) is 14.0 Å². The highest BCUT2D eigenvalue weighted by Gasteiger charge is 2.07. The van der Waals surface area contributed by atoms with Crippen LogP contribution in [0.2, 0.25) is 0 Å². The average molecular weight is 210 g/mol. The van der Waals surface area contributed by atoms with E-state index < -0.39 is 0 Å². The van der Waals surface area contributed by atoms with Crippen LogP contribution in [-0.2, 0) is 6.54 Å². The lowest BCUT2D eigenvalue weighted by Crippen LogP contribution is -2.22. The maximum atomic E-state index is 8.65. The number of hydrogen-bond donors (Lipinski definition) is 1. The fraction of sp³-hybridized carbons (Fsp3) is 0.556. The Morgan fingerprint density at radius 1 is 1.79 bits per heavy atom. The molecule has 2 N–H and O–H groups in total. The Hall–Kier alpha value is -1.12. The van der Waals surface area contributed by atoms with Gasteiger partial charge in [-0.05, 0) is 14.0 Å². The van der Waals surface area contributed by atoms with Crippen LogP contribution in [-0.4, -0.2) is 23.5 Å². The van der Waals surface area contributed by atoms with Crippen molar-refractivity contribution in [2.24, 2.45) is 5.92 Å². The fourth-order valence-electron chi connectivity index (χ4n) is 1.23. The van der Waals surface area contributed by atoms with Crippen LogP contribution in [0.1, 0.15) is 11.8 Å². The highest BCUT2D eigenvalue weighted by Crippen LogP contribution is 2.16. The van der Waals surface area contributed by atoms with Crippen LogP contribution in [0.3, 0.4) is 0 Å². The molecule has 0 aliphatic carbocycles. The van der Waals surface area contributed by atoms with Crippen molar-refractivity contribution in [3.8, 4) is 6.07 Å². The van der Waals surface area contributed by atoms with Crippen LogP contribution in [0.25, 0.3) is 0 Å². The average Bonchev–Trinajstić information content (AvgIpc) is 2.50. The van der Waals surface area contributed by atoms with Crippen molar-refractivity contribution in [1.82, 2.24) is 9.88 Å². The lowest BCUT2D eigenvalue weighted by Gasteiger charge is -2.15. The molecule has 0 aliphatic rings. The van der Waals surface area contributed by atoms with E-state index in [0.717, 1.165) is 18.0 Å². The monoisotopic (exact) mass is 210 g/mol. The lowest BCUT2D eigenvalue weighted by atomic mass is 10.2. The molecule has 0 spiro atoms. The minimum Gasteiger partial charge on any atom is -0.375 e. The number of nitrogens with zero attached hydrogens (tertiary/aromatic N) is 3. The van der Waals surface area contributed by atoms with Crippen molar-refractivity contribution < 1.29 is 0 Å². The summed E-state index contributed by atoms with van der Waals surface area (Å²) < 4.78 is 0. The molecule has 1 unspecified atom stereocenters. The third-order valence-corrected chi connectivity index (χ3v) is 2.61. The summed E-state index contributed by atoms with van der Waals surface area (Å²) in [6, 6.07) is 2.21. The first-order valence-electron chi connectivity index (χ1n) is 4.40. The zero-order valence-corrected chi connectivity index (χ0v) is 9.21. The molecule has 1 aromatic heterocycles. The molecule has 1 heterocycles. The molecule has 1 aromatic rings. The molecule has 0 fully saturated rings. The van der Waals surface area contributed by atoms with Gasteiger partial charge in [0.1, 0.15) is 0 Å². The fourth-order valence-corrected chi connectivity index (χ4v) is 2.00. The van der Waals surface area contributed by atoms with Gasteiger partial charge in [-0.15, -0.1) is 11.3 Å². The zero-order chi connectivity index (χ0) is 10.6. The van der Waals surface area contributed by atoms with Gasteiger partial charge in [0.2, 0.25) is 0 Å². The normalized spacial score (nSPS) is 12.7. The number of hydrogen-bond acceptors (Lipinski definition) is 5. The van der Waals surface area contributed by atoms with Crippen LogP contribution in [0.4, 0.5) is 5.13 Å². The van der Waals surface area contributed by atoms with Gasteiger partial charge in [0.05, 0.1) is 12.0 Å². The Balaban J connectivity index is 2.42. The molecular weight excluding hydrogens is 196 g/mol. The third kappa shape index (κ3) is 3.32. The van der Waals surface area contributed by atoms with Gasteiger partial charge >= 0.3 is 0 Å². The highest BCUT2D eigenvalue weighted by atomic mass is 32.1. The zero-order valence-electron chi connectivity index (χ0n) is 8.40. The van der Waals surface area contributed by atoms with E-state index in [4.69, 9.17) is 11.0 Å². The van der Waals surface area contributed by atoms with Crippen molar-refractivity contribution in [3.05, 3.63) is 11.1 Å². The van der Waals surface area contributed by atoms with Crippen molar-refractivity contribution in [3.63, 3.8) is 0 Å². The predicted molar refractivity (Wildman–Crippen MR) is 57.6 cm³/mol. The quantitative estimate of drug-likeness (QED) is 0.814. The van der Waals surface area contributed by atoms with Crippen LogP contribution in [0.15, 0.2) is 6.20 Å². The van der Waals surface area contributed by atoms with E-state index in [2.05, 4.69) is 16.0 Å². The molecule has 1 atom stereocenters. The van der Waals surface area contributed by atoms with Crippen LogP contribution < -0.4 is 5.73 Å². The minimum absolute atomic E-state index is 0.0604. The second-order valence-electron chi connectivity index (χ2n) is 3.39. The molecule has 4 nitrogen and oxygen atoms in total. The summed E-state index contributed by atoms with van der Waals surface area (Å²) in [5.41, 5.74) is 5.52. The summed E-state index contributed by atoms with van der Waals surface area (Å²) in [4.78, 5) is 7.21. The van der Waals surface area contributed by atoms with Crippen molar-refractivity contribution in [2.45, 2.75) is 13.5 Å². The Labute approximate surface area is 88.0 Å². The molecule has 5 heteroatoms. The molecule has 0 saturated carbocycles. The van der Waals surface area contributed by atoms with Gasteiger partial charge in [-0.3, -0.25) is 4.90 Å². The Kier molecular flexibility index (Phi) is 3.86. The van der Waals surface area contributed by atoms with Crippen molar-refractivity contribution >= 4 is 16.5 Å². The molecule has 0 radical (unpaired) electrons. The number of nitriles is 1. The van der Waals surface area contributed by atoms with E-state index in [-0.39, 0.29) is 5.92 Å². The number of nitrogens with two attached hydrogens (primary N) is 1. The number of nitrogen functional groups attached to an aromatic ring is 1. The summed E-state index contributed by atoms with van der Waals surface area (Å²) in [6.07, 6.45) is 1.79. The summed E-state index contributed by atoms with van der Waals surface area (Å²) >= 11 is 1.49. The predicted octanol–water partition coefficient (Wildman–Crippen LogP) is 1.32. The second-order valence-corrected chi connectivity index (χ2v) is 4.54. The number of thiazole rings is 1. The first-order valence-corrected chi connectivity index (χ1v) is 5.22. The number of anilines is 1. The summed E-state index contributed by atoms with van der Waals surface area (Å²) in [5.74, 6) is 0.0604. The molecule has 76 valence electrons. The van der Waals surface area contributed by atoms with Gasteiger partial charge in [0, 0.05) is 24.2 Å². The van der Waals surface area contributed by atoms with Gasteiger partial charge in [0.25, 0.3) is 0 Å². The van der Waals surface area contributed by atoms with Gasteiger partial charge in [-0.2, -0.15) is 5.26 Å². The molecular formula is C9H14N4S. The topological polar surface area (TPSA) is 65.9 Å². The first kappa shape index (κ1) is 11.0. The van der Waals surface area contributed by atoms with Gasteiger partial charge in [0.15, 0.2) is 5.13 Å². The van der Waals surface area contributed by atoms with E-state index in [9.17, 15) is 0 Å². The minimum atomic E-state index is 0.0604. The highest BCUT2D eigenvalue weighted by molar-refractivity contribution is 7.15.